The van der Waals surface area contributed by atoms with Crippen LogP contribution in [0.15, 0.2) is 53.0 Å². The number of benzene rings is 2. The van der Waals surface area contributed by atoms with Crippen molar-refractivity contribution in [2.75, 3.05) is 12.4 Å². The molecule has 0 aromatic heterocycles. The van der Waals surface area contributed by atoms with Crippen molar-refractivity contribution in [2.45, 2.75) is 20.0 Å². The summed E-state index contributed by atoms with van der Waals surface area (Å²) in [6, 6.07) is 16.2. The molecule has 1 amide bonds. The summed E-state index contributed by atoms with van der Waals surface area (Å²) in [6.45, 7) is 2.92. The van der Waals surface area contributed by atoms with Gasteiger partial charge in [-0.15, -0.1) is 0 Å². The van der Waals surface area contributed by atoms with E-state index in [9.17, 15) is 4.79 Å². The van der Waals surface area contributed by atoms with E-state index in [4.69, 9.17) is 0 Å². The van der Waals surface area contributed by atoms with Crippen molar-refractivity contribution in [1.82, 2.24) is 4.90 Å². The molecule has 2 aromatic rings. The molecule has 0 aliphatic carbocycles. The molecule has 0 aliphatic rings. The number of para-hydroxylation sites is 1. The van der Waals surface area contributed by atoms with Gasteiger partial charge < -0.3 is 10.2 Å². The molecule has 0 radical (unpaired) electrons. The first kappa shape index (κ1) is 15.6. The van der Waals surface area contributed by atoms with Gasteiger partial charge in [0.15, 0.2) is 0 Å². The number of nitrogens with one attached hydrogen (secondary N) is 1. The number of carbonyl (C=O) groups is 1. The van der Waals surface area contributed by atoms with E-state index in [0.717, 1.165) is 22.3 Å². The van der Waals surface area contributed by atoms with E-state index in [0.29, 0.717) is 6.54 Å². The van der Waals surface area contributed by atoms with Crippen molar-refractivity contribution in [2.24, 2.45) is 0 Å². The quantitative estimate of drug-likeness (QED) is 0.885. The first-order valence-electron chi connectivity index (χ1n) is 6.85. The molecule has 0 unspecified atom stereocenters. The van der Waals surface area contributed by atoms with E-state index >= 15 is 0 Å². The highest BCUT2D eigenvalue weighted by Gasteiger charge is 2.07. The van der Waals surface area contributed by atoms with Gasteiger partial charge in [0.2, 0.25) is 5.91 Å². The fraction of sp³-hybridized carbons (Fsp3) is 0.235. The van der Waals surface area contributed by atoms with Gasteiger partial charge in [-0.2, -0.15) is 0 Å². The minimum atomic E-state index is 0.0654. The smallest absolute Gasteiger partial charge is 0.219 e. The Morgan fingerprint density at radius 3 is 2.38 bits per heavy atom. The topological polar surface area (TPSA) is 32.3 Å². The number of anilines is 1. The first-order chi connectivity index (χ1) is 10.1. The van der Waals surface area contributed by atoms with Gasteiger partial charge in [-0.1, -0.05) is 52.3 Å². The largest absolute Gasteiger partial charge is 0.381 e. The number of hydrogen-bond acceptors (Lipinski definition) is 2. The summed E-state index contributed by atoms with van der Waals surface area (Å²) in [5.74, 6) is 0.0654. The van der Waals surface area contributed by atoms with Gasteiger partial charge >= 0.3 is 0 Å². The number of hydrogen-bond donors (Lipinski definition) is 1. The van der Waals surface area contributed by atoms with Crippen molar-refractivity contribution in [3.8, 4) is 0 Å². The number of amides is 1. The number of nitrogens with zero attached hydrogens (tertiary/aromatic N) is 1. The lowest BCUT2D eigenvalue weighted by Gasteiger charge is -2.18. The Hall–Kier alpha value is -1.81. The molecule has 0 saturated heterocycles. The van der Waals surface area contributed by atoms with Gasteiger partial charge in [-0.25, -0.2) is 0 Å². The van der Waals surface area contributed by atoms with Gasteiger partial charge in [0, 0.05) is 37.2 Å². The molecule has 0 fully saturated rings. The van der Waals surface area contributed by atoms with Crippen LogP contribution in [0, 0.1) is 0 Å². The van der Waals surface area contributed by atoms with Gasteiger partial charge in [0.05, 0.1) is 0 Å². The predicted octanol–water partition coefficient (Wildman–Crippen LogP) is 4.04. The standard InChI is InChI=1S/C17H19BrN2O/c1-13(21)20(2)12-15-8-4-6-10-17(15)19-11-14-7-3-5-9-16(14)18/h3-10,19H,11-12H2,1-2H3. The van der Waals surface area contributed by atoms with E-state index in [1.807, 2.05) is 49.5 Å². The zero-order valence-corrected chi connectivity index (χ0v) is 13.9. The molecule has 0 saturated carbocycles. The van der Waals surface area contributed by atoms with Crippen molar-refractivity contribution in [3.05, 3.63) is 64.1 Å². The third-order valence-corrected chi connectivity index (χ3v) is 4.16. The van der Waals surface area contributed by atoms with Crippen LogP contribution in [-0.4, -0.2) is 17.9 Å². The van der Waals surface area contributed by atoms with Gasteiger partial charge in [-0.3, -0.25) is 4.79 Å². The van der Waals surface area contributed by atoms with E-state index in [-0.39, 0.29) is 5.91 Å². The molecule has 3 nitrogen and oxygen atoms in total. The molecule has 2 aromatic carbocycles. The normalized spacial score (nSPS) is 10.2. The summed E-state index contributed by atoms with van der Waals surface area (Å²) in [6.07, 6.45) is 0. The number of halogens is 1. The maximum absolute atomic E-state index is 11.4. The zero-order chi connectivity index (χ0) is 15.2. The van der Waals surface area contributed by atoms with Crippen molar-refractivity contribution in [1.29, 1.82) is 0 Å². The summed E-state index contributed by atoms with van der Waals surface area (Å²) in [5.41, 5.74) is 3.37. The average molecular weight is 347 g/mol. The van der Waals surface area contributed by atoms with Crippen LogP contribution in [0.1, 0.15) is 18.1 Å². The van der Waals surface area contributed by atoms with Crippen molar-refractivity contribution >= 4 is 27.5 Å². The maximum Gasteiger partial charge on any atom is 0.219 e. The van der Waals surface area contributed by atoms with Crippen LogP contribution in [0.5, 0.6) is 0 Å². The summed E-state index contributed by atoms with van der Waals surface area (Å²) >= 11 is 3.55. The lowest BCUT2D eigenvalue weighted by molar-refractivity contribution is -0.128. The molecule has 0 spiro atoms. The Labute approximate surface area is 134 Å². The number of carbonyl (C=O) groups excluding carboxylic acids is 1. The molecule has 0 heterocycles. The van der Waals surface area contributed by atoms with E-state index in [1.165, 1.54) is 5.56 Å². The Balaban J connectivity index is 2.10. The van der Waals surface area contributed by atoms with Gasteiger partial charge in [0.1, 0.15) is 0 Å². The lowest BCUT2D eigenvalue weighted by Crippen LogP contribution is -2.23. The second-order valence-corrected chi connectivity index (χ2v) is 5.83. The summed E-state index contributed by atoms with van der Waals surface area (Å²) < 4.78 is 1.09. The molecular formula is C17H19BrN2O. The van der Waals surface area contributed by atoms with Crippen LogP contribution in [0.3, 0.4) is 0 Å². The average Bonchev–Trinajstić information content (AvgIpc) is 2.47. The molecule has 2 rings (SSSR count). The van der Waals surface area contributed by atoms with Crippen LogP contribution in [0.4, 0.5) is 5.69 Å². The molecule has 4 heteroatoms. The Morgan fingerprint density at radius 2 is 1.71 bits per heavy atom. The van der Waals surface area contributed by atoms with E-state index < -0.39 is 0 Å². The highest BCUT2D eigenvalue weighted by atomic mass is 79.9. The van der Waals surface area contributed by atoms with Crippen molar-refractivity contribution < 1.29 is 4.79 Å². The van der Waals surface area contributed by atoms with Crippen LogP contribution in [-0.2, 0) is 17.9 Å². The minimum Gasteiger partial charge on any atom is -0.381 e. The fourth-order valence-corrected chi connectivity index (χ4v) is 2.45. The second-order valence-electron chi connectivity index (χ2n) is 4.98. The third kappa shape index (κ3) is 4.33. The van der Waals surface area contributed by atoms with Crippen LogP contribution >= 0.6 is 15.9 Å². The first-order valence-corrected chi connectivity index (χ1v) is 7.64. The predicted molar refractivity (Wildman–Crippen MR) is 90.1 cm³/mol. The Kier molecular flexibility index (Phi) is 5.39. The second kappa shape index (κ2) is 7.27. The van der Waals surface area contributed by atoms with Crippen molar-refractivity contribution in [3.63, 3.8) is 0 Å². The van der Waals surface area contributed by atoms with Gasteiger partial charge in [-0.05, 0) is 23.3 Å². The van der Waals surface area contributed by atoms with Crippen LogP contribution < -0.4 is 5.32 Å². The van der Waals surface area contributed by atoms with Crippen LogP contribution in [0.2, 0.25) is 0 Å². The molecule has 1 N–H and O–H groups in total. The highest BCUT2D eigenvalue weighted by molar-refractivity contribution is 9.10. The van der Waals surface area contributed by atoms with Crippen LogP contribution in [0.25, 0.3) is 0 Å². The molecule has 0 bridgehead atoms. The van der Waals surface area contributed by atoms with E-state index in [2.05, 4.69) is 27.3 Å². The zero-order valence-electron chi connectivity index (χ0n) is 12.3. The SMILES string of the molecule is CC(=O)N(C)Cc1ccccc1NCc1ccccc1Br. The lowest BCUT2D eigenvalue weighted by atomic mass is 10.1. The monoisotopic (exact) mass is 346 g/mol. The summed E-state index contributed by atoms with van der Waals surface area (Å²) in [4.78, 5) is 13.1. The Morgan fingerprint density at radius 1 is 1.10 bits per heavy atom. The Bertz CT molecular complexity index is 628. The highest BCUT2D eigenvalue weighted by Crippen LogP contribution is 2.21. The fourth-order valence-electron chi connectivity index (χ4n) is 2.03. The molecule has 0 atom stereocenters. The minimum absolute atomic E-state index is 0.0654. The summed E-state index contributed by atoms with van der Waals surface area (Å²) in [7, 11) is 1.81. The van der Waals surface area contributed by atoms with E-state index in [1.54, 1.807) is 11.8 Å². The molecular weight excluding hydrogens is 328 g/mol. The third-order valence-electron chi connectivity index (χ3n) is 3.39. The molecule has 0 aliphatic heterocycles. The van der Waals surface area contributed by atoms with Gasteiger partial charge in [0.25, 0.3) is 0 Å². The summed E-state index contributed by atoms with van der Waals surface area (Å²) in [5, 5.41) is 3.45. The maximum atomic E-state index is 11.4. The molecule has 21 heavy (non-hydrogen) atoms. The molecule has 110 valence electrons. The number of rotatable bonds is 5.